The van der Waals surface area contributed by atoms with Gasteiger partial charge in [0.15, 0.2) is 0 Å². The lowest BCUT2D eigenvalue weighted by molar-refractivity contribution is -0.126. The van der Waals surface area contributed by atoms with Gasteiger partial charge < -0.3 is 29.6 Å². The summed E-state index contributed by atoms with van der Waals surface area (Å²) in [5, 5.41) is 5.12. The number of carbonyl (C=O) groups excluding carboxylic acids is 6. The summed E-state index contributed by atoms with van der Waals surface area (Å²) < 4.78 is 18.9. The Morgan fingerprint density at radius 2 is 0.829 bits per heavy atom. The summed E-state index contributed by atoms with van der Waals surface area (Å²) >= 11 is 0. The van der Waals surface area contributed by atoms with Crippen molar-refractivity contribution in [3.63, 3.8) is 0 Å². The number of hydrogen-bond acceptors (Lipinski definition) is 10. The zero-order valence-corrected chi connectivity index (χ0v) is 22.5. The van der Waals surface area contributed by atoms with Crippen molar-refractivity contribution in [1.29, 1.82) is 0 Å². The van der Waals surface area contributed by atoms with Crippen LogP contribution in [0.2, 0.25) is 0 Å². The molecule has 0 aromatic heterocycles. The number of anilines is 2. The van der Waals surface area contributed by atoms with E-state index in [1.54, 1.807) is 30.3 Å². The summed E-state index contributed by atoms with van der Waals surface area (Å²) in [7, 11) is 4.62. The SMILES string of the molecule is COC(=O)c1cc(NC(=O)C(C(=O)Nc2cc(C(=O)OC)cc(C(=O)OC)c2)c2ccccc2)cc(C(=O)OC)c1. The van der Waals surface area contributed by atoms with Crippen molar-refractivity contribution in [3.8, 4) is 0 Å². The first kappa shape index (κ1) is 30.0. The fourth-order valence-corrected chi connectivity index (χ4v) is 3.84. The van der Waals surface area contributed by atoms with Crippen LogP contribution in [0.3, 0.4) is 0 Å². The highest BCUT2D eigenvalue weighted by Gasteiger charge is 2.30. The van der Waals surface area contributed by atoms with Crippen LogP contribution in [0.15, 0.2) is 66.7 Å². The molecule has 0 heterocycles. The van der Waals surface area contributed by atoms with Crippen LogP contribution in [0.5, 0.6) is 0 Å². The Bertz CT molecular complexity index is 1340. The van der Waals surface area contributed by atoms with Gasteiger partial charge in [0, 0.05) is 11.4 Å². The van der Waals surface area contributed by atoms with Crippen molar-refractivity contribution in [1.82, 2.24) is 0 Å². The van der Waals surface area contributed by atoms with Crippen LogP contribution in [0.1, 0.15) is 52.9 Å². The summed E-state index contributed by atoms with van der Waals surface area (Å²) in [5.74, 6) is -6.16. The van der Waals surface area contributed by atoms with Gasteiger partial charge in [0.05, 0.1) is 50.7 Å². The Hall–Kier alpha value is -5.52. The molecule has 0 unspecified atom stereocenters. The highest BCUT2D eigenvalue weighted by atomic mass is 16.5. The van der Waals surface area contributed by atoms with Crippen molar-refractivity contribution >= 4 is 47.1 Å². The molecular weight excluding hydrogens is 536 g/mol. The maximum atomic E-state index is 13.5. The smallest absolute Gasteiger partial charge is 0.337 e. The third-order valence-corrected chi connectivity index (χ3v) is 5.74. The Kier molecular flexibility index (Phi) is 9.90. The molecule has 0 aliphatic heterocycles. The maximum absolute atomic E-state index is 13.5. The second-order valence-electron chi connectivity index (χ2n) is 8.39. The molecule has 3 aromatic carbocycles. The van der Waals surface area contributed by atoms with E-state index < -0.39 is 41.6 Å². The van der Waals surface area contributed by atoms with Crippen molar-refractivity contribution in [2.45, 2.75) is 5.92 Å². The van der Waals surface area contributed by atoms with Gasteiger partial charge in [-0.3, -0.25) is 9.59 Å². The number of benzene rings is 3. The first-order valence-electron chi connectivity index (χ1n) is 11.9. The summed E-state index contributed by atoms with van der Waals surface area (Å²) in [6.07, 6.45) is 0. The van der Waals surface area contributed by atoms with Crippen molar-refractivity contribution in [3.05, 3.63) is 94.5 Å². The molecule has 2 N–H and O–H groups in total. The van der Waals surface area contributed by atoms with Crippen molar-refractivity contribution < 1.29 is 47.7 Å². The number of ether oxygens (including phenoxy) is 4. The fraction of sp³-hybridized carbons (Fsp3) is 0.172. The van der Waals surface area contributed by atoms with Gasteiger partial charge >= 0.3 is 23.9 Å². The molecular formula is C29H26N2O10. The van der Waals surface area contributed by atoms with E-state index >= 15 is 0 Å². The Morgan fingerprint density at radius 1 is 0.512 bits per heavy atom. The number of esters is 4. The summed E-state index contributed by atoms with van der Waals surface area (Å²) in [4.78, 5) is 75.7. The Labute approximate surface area is 234 Å². The van der Waals surface area contributed by atoms with Crippen LogP contribution in [0, 0.1) is 0 Å². The second kappa shape index (κ2) is 13.5. The number of rotatable bonds is 9. The van der Waals surface area contributed by atoms with E-state index in [4.69, 9.17) is 18.9 Å². The molecule has 3 aromatic rings. The summed E-state index contributed by atoms with van der Waals surface area (Å²) in [5.41, 5.74) is 0.183. The molecule has 41 heavy (non-hydrogen) atoms. The van der Waals surface area contributed by atoms with E-state index in [9.17, 15) is 28.8 Å². The molecule has 3 rings (SSSR count). The van der Waals surface area contributed by atoms with Gasteiger partial charge in [0.1, 0.15) is 5.92 Å². The normalized spacial score (nSPS) is 10.3. The molecule has 0 saturated heterocycles. The molecule has 212 valence electrons. The highest BCUT2D eigenvalue weighted by Crippen LogP contribution is 2.24. The van der Waals surface area contributed by atoms with Gasteiger partial charge in [0.2, 0.25) is 11.8 Å². The van der Waals surface area contributed by atoms with Gasteiger partial charge in [0.25, 0.3) is 0 Å². The maximum Gasteiger partial charge on any atom is 0.337 e. The molecule has 0 bridgehead atoms. The van der Waals surface area contributed by atoms with E-state index in [1.807, 2.05) is 0 Å². The monoisotopic (exact) mass is 562 g/mol. The third-order valence-electron chi connectivity index (χ3n) is 5.74. The minimum absolute atomic E-state index is 0.0210. The van der Waals surface area contributed by atoms with Crippen LogP contribution in [0.25, 0.3) is 0 Å². The number of nitrogens with one attached hydrogen (secondary N) is 2. The quantitative estimate of drug-likeness (QED) is 0.225. The first-order chi connectivity index (χ1) is 19.6. The topological polar surface area (TPSA) is 163 Å². The average molecular weight is 563 g/mol. The largest absolute Gasteiger partial charge is 0.465 e. The molecule has 0 saturated carbocycles. The lowest BCUT2D eigenvalue weighted by Crippen LogP contribution is -2.32. The number of hydrogen-bond donors (Lipinski definition) is 2. The van der Waals surface area contributed by atoms with Gasteiger partial charge in [-0.1, -0.05) is 30.3 Å². The number of carbonyl (C=O) groups is 6. The standard InChI is InChI=1S/C29H26N2O10/c1-38-26(34)17-10-18(27(35)39-2)13-21(12-17)30-24(32)23(16-8-6-5-7-9-16)25(33)31-22-14-19(28(36)40-3)11-20(15-22)29(37)41-4/h5-15,23H,1-4H3,(H,30,32)(H,31,33). The number of methoxy groups -OCH3 is 4. The summed E-state index contributed by atoms with van der Waals surface area (Å²) in [6.45, 7) is 0. The highest BCUT2D eigenvalue weighted by molar-refractivity contribution is 6.15. The molecule has 2 amide bonds. The van der Waals surface area contributed by atoms with Crippen LogP contribution < -0.4 is 10.6 Å². The van der Waals surface area contributed by atoms with Gasteiger partial charge in [-0.2, -0.15) is 0 Å². The van der Waals surface area contributed by atoms with E-state index in [0.717, 1.165) is 28.4 Å². The van der Waals surface area contributed by atoms with Gasteiger partial charge in [-0.25, -0.2) is 19.2 Å². The first-order valence-corrected chi connectivity index (χ1v) is 11.9. The van der Waals surface area contributed by atoms with Gasteiger partial charge in [-0.15, -0.1) is 0 Å². The predicted molar refractivity (Wildman–Crippen MR) is 145 cm³/mol. The van der Waals surface area contributed by atoms with Crippen LogP contribution >= 0.6 is 0 Å². The van der Waals surface area contributed by atoms with Crippen molar-refractivity contribution in [2.24, 2.45) is 0 Å². The second-order valence-corrected chi connectivity index (χ2v) is 8.39. The minimum Gasteiger partial charge on any atom is -0.465 e. The molecule has 0 aliphatic carbocycles. The van der Waals surface area contributed by atoms with Crippen LogP contribution in [-0.4, -0.2) is 64.1 Å². The zero-order valence-electron chi connectivity index (χ0n) is 22.5. The summed E-state index contributed by atoms with van der Waals surface area (Å²) in [6, 6.07) is 15.6. The molecule has 12 nitrogen and oxygen atoms in total. The lowest BCUT2D eigenvalue weighted by Gasteiger charge is -2.18. The molecule has 0 fully saturated rings. The van der Waals surface area contributed by atoms with E-state index in [-0.39, 0.29) is 33.6 Å². The van der Waals surface area contributed by atoms with E-state index in [0.29, 0.717) is 5.56 Å². The molecule has 0 radical (unpaired) electrons. The van der Waals surface area contributed by atoms with E-state index in [1.165, 1.54) is 36.4 Å². The molecule has 0 aliphatic rings. The Balaban J connectivity index is 2.01. The fourth-order valence-electron chi connectivity index (χ4n) is 3.84. The minimum atomic E-state index is -1.46. The third kappa shape index (κ3) is 7.32. The van der Waals surface area contributed by atoms with Crippen LogP contribution in [-0.2, 0) is 28.5 Å². The Morgan fingerprint density at radius 3 is 1.12 bits per heavy atom. The van der Waals surface area contributed by atoms with Crippen LogP contribution in [0.4, 0.5) is 11.4 Å². The van der Waals surface area contributed by atoms with E-state index in [2.05, 4.69) is 10.6 Å². The molecule has 12 heteroatoms. The zero-order chi connectivity index (χ0) is 30.1. The number of amides is 2. The lowest BCUT2D eigenvalue weighted by atomic mass is 9.96. The predicted octanol–water partition coefficient (Wildman–Crippen LogP) is 3.19. The van der Waals surface area contributed by atoms with Crippen molar-refractivity contribution in [2.75, 3.05) is 39.1 Å². The average Bonchev–Trinajstić information content (AvgIpc) is 2.99. The molecule has 0 spiro atoms. The molecule has 0 atom stereocenters. The van der Waals surface area contributed by atoms with Gasteiger partial charge in [-0.05, 0) is 42.0 Å².